The Hall–Kier alpha value is -1.49. The molecule has 0 fully saturated rings. The molecule has 0 unspecified atom stereocenters. The molecule has 1 aromatic carbocycles. The summed E-state index contributed by atoms with van der Waals surface area (Å²) in [7, 11) is 0. The second kappa shape index (κ2) is 6.79. The van der Waals surface area contributed by atoms with Crippen molar-refractivity contribution in [3.63, 3.8) is 0 Å². The third-order valence-electron chi connectivity index (χ3n) is 3.39. The van der Waals surface area contributed by atoms with E-state index in [-0.39, 0.29) is 11.5 Å². The van der Waals surface area contributed by atoms with Gasteiger partial charge in [-0.25, -0.2) is 4.79 Å². The highest BCUT2D eigenvalue weighted by atomic mass is 32.2. The van der Waals surface area contributed by atoms with Gasteiger partial charge in [0.05, 0.1) is 11.3 Å². The lowest BCUT2D eigenvalue weighted by Gasteiger charge is -2.17. The highest BCUT2D eigenvalue weighted by Crippen LogP contribution is 2.29. The van der Waals surface area contributed by atoms with E-state index < -0.39 is 5.97 Å². The SMILES string of the molecule is CCCCSCC(=O)N1CCc2cc(C(=O)O)ccc21. The predicted octanol–water partition coefficient (Wildman–Crippen LogP) is 2.81. The Labute approximate surface area is 123 Å². The number of thioether (sulfide) groups is 1. The second-order valence-electron chi connectivity index (χ2n) is 4.85. The molecule has 0 aliphatic carbocycles. The molecule has 108 valence electrons. The summed E-state index contributed by atoms with van der Waals surface area (Å²) in [4.78, 5) is 24.9. The summed E-state index contributed by atoms with van der Waals surface area (Å²) in [5.41, 5.74) is 2.11. The van der Waals surface area contributed by atoms with E-state index in [0.717, 1.165) is 36.3 Å². The maximum atomic E-state index is 12.2. The molecule has 0 saturated heterocycles. The summed E-state index contributed by atoms with van der Waals surface area (Å²) in [5, 5.41) is 8.97. The fraction of sp³-hybridized carbons (Fsp3) is 0.467. The molecule has 20 heavy (non-hydrogen) atoms. The standard InChI is InChI=1S/C15H19NO3S/c1-2-3-8-20-10-14(17)16-7-6-11-9-12(15(18)19)4-5-13(11)16/h4-5,9H,2-3,6-8,10H2,1H3,(H,18,19). The zero-order chi connectivity index (χ0) is 14.5. The van der Waals surface area contributed by atoms with Crippen LogP contribution in [0.2, 0.25) is 0 Å². The molecule has 0 saturated carbocycles. The van der Waals surface area contributed by atoms with Gasteiger partial charge in [0, 0.05) is 12.2 Å². The summed E-state index contributed by atoms with van der Waals surface area (Å²) in [6, 6.07) is 4.99. The van der Waals surface area contributed by atoms with Gasteiger partial charge in [-0.05, 0) is 42.4 Å². The minimum atomic E-state index is -0.923. The van der Waals surface area contributed by atoms with E-state index in [0.29, 0.717) is 12.3 Å². The summed E-state index contributed by atoms with van der Waals surface area (Å²) >= 11 is 1.67. The van der Waals surface area contributed by atoms with Crippen LogP contribution in [0, 0.1) is 0 Å². The van der Waals surface area contributed by atoms with Crippen LogP contribution in [-0.4, -0.2) is 35.0 Å². The molecule has 5 heteroatoms. The number of hydrogen-bond acceptors (Lipinski definition) is 3. The first-order valence-corrected chi connectivity index (χ1v) is 8.03. The molecule has 2 rings (SSSR count). The van der Waals surface area contributed by atoms with Gasteiger partial charge < -0.3 is 10.0 Å². The summed E-state index contributed by atoms with van der Waals surface area (Å²) in [6.07, 6.45) is 3.02. The van der Waals surface area contributed by atoms with Gasteiger partial charge in [-0.1, -0.05) is 13.3 Å². The monoisotopic (exact) mass is 293 g/mol. The maximum Gasteiger partial charge on any atom is 0.335 e. The lowest BCUT2D eigenvalue weighted by Crippen LogP contribution is -2.30. The number of hydrogen-bond donors (Lipinski definition) is 1. The van der Waals surface area contributed by atoms with E-state index in [9.17, 15) is 9.59 Å². The summed E-state index contributed by atoms with van der Waals surface area (Å²) in [5.74, 6) is 0.710. The summed E-state index contributed by atoms with van der Waals surface area (Å²) < 4.78 is 0. The van der Waals surface area contributed by atoms with Gasteiger partial charge in [0.2, 0.25) is 5.91 Å². The van der Waals surface area contributed by atoms with Crippen LogP contribution in [0.25, 0.3) is 0 Å². The van der Waals surface area contributed by atoms with E-state index in [1.165, 1.54) is 0 Å². The van der Waals surface area contributed by atoms with Gasteiger partial charge >= 0.3 is 5.97 Å². The Morgan fingerprint density at radius 1 is 1.40 bits per heavy atom. The lowest BCUT2D eigenvalue weighted by atomic mass is 10.1. The van der Waals surface area contributed by atoms with Crippen LogP contribution in [0.1, 0.15) is 35.7 Å². The molecule has 1 aliphatic rings. The van der Waals surface area contributed by atoms with Crippen LogP contribution in [0.5, 0.6) is 0 Å². The average Bonchev–Trinajstić information content (AvgIpc) is 2.86. The third-order valence-corrected chi connectivity index (χ3v) is 4.42. The topological polar surface area (TPSA) is 57.6 Å². The number of fused-ring (bicyclic) bond motifs is 1. The molecule has 0 atom stereocenters. The first-order chi connectivity index (χ1) is 9.63. The normalized spacial score (nSPS) is 13.3. The first kappa shape index (κ1) is 14.9. The van der Waals surface area contributed by atoms with Gasteiger partial charge in [0.25, 0.3) is 0 Å². The third kappa shape index (κ3) is 3.33. The van der Waals surface area contributed by atoms with E-state index >= 15 is 0 Å². The lowest BCUT2D eigenvalue weighted by molar-refractivity contribution is -0.116. The van der Waals surface area contributed by atoms with Crippen molar-refractivity contribution >= 4 is 29.3 Å². The van der Waals surface area contributed by atoms with E-state index in [4.69, 9.17) is 5.11 Å². The average molecular weight is 293 g/mol. The number of anilines is 1. The molecule has 1 N–H and O–H groups in total. The maximum absolute atomic E-state index is 12.2. The summed E-state index contributed by atoms with van der Waals surface area (Å²) in [6.45, 7) is 2.80. The van der Waals surface area contributed by atoms with E-state index in [1.54, 1.807) is 34.9 Å². The van der Waals surface area contributed by atoms with Gasteiger partial charge in [-0.15, -0.1) is 0 Å². The number of carboxylic acids is 1. The van der Waals surface area contributed by atoms with Crippen molar-refractivity contribution in [1.82, 2.24) is 0 Å². The van der Waals surface area contributed by atoms with E-state index in [1.807, 2.05) is 0 Å². The van der Waals surface area contributed by atoms with Gasteiger partial charge in [-0.3, -0.25) is 4.79 Å². The Bertz CT molecular complexity index is 516. The molecule has 1 aliphatic heterocycles. The quantitative estimate of drug-likeness (QED) is 0.819. The zero-order valence-electron chi connectivity index (χ0n) is 11.6. The molecule has 1 aromatic rings. The van der Waals surface area contributed by atoms with Crippen LogP contribution >= 0.6 is 11.8 Å². The van der Waals surface area contributed by atoms with Crippen LogP contribution in [0.4, 0.5) is 5.69 Å². The van der Waals surface area contributed by atoms with Crippen LogP contribution in [-0.2, 0) is 11.2 Å². The van der Waals surface area contributed by atoms with Crippen molar-refractivity contribution in [3.05, 3.63) is 29.3 Å². The number of carbonyl (C=O) groups is 2. The molecule has 0 radical (unpaired) electrons. The molecular weight excluding hydrogens is 274 g/mol. The fourth-order valence-electron chi connectivity index (χ4n) is 2.28. The van der Waals surface area contributed by atoms with E-state index in [2.05, 4.69) is 6.92 Å². The molecule has 0 aromatic heterocycles. The Kier molecular flexibility index (Phi) is 5.06. The van der Waals surface area contributed by atoms with Crippen molar-refractivity contribution in [2.24, 2.45) is 0 Å². The Balaban J connectivity index is 2.00. The Morgan fingerprint density at radius 3 is 2.90 bits per heavy atom. The minimum Gasteiger partial charge on any atom is -0.478 e. The van der Waals surface area contributed by atoms with Crippen molar-refractivity contribution in [2.75, 3.05) is 23.0 Å². The smallest absolute Gasteiger partial charge is 0.335 e. The van der Waals surface area contributed by atoms with Crippen molar-refractivity contribution in [1.29, 1.82) is 0 Å². The molecular formula is C15H19NO3S. The number of aromatic carboxylic acids is 1. The predicted molar refractivity (Wildman–Crippen MR) is 81.7 cm³/mol. The van der Waals surface area contributed by atoms with Gasteiger partial charge in [0.15, 0.2) is 0 Å². The second-order valence-corrected chi connectivity index (χ2v) is 5.96. The largest absolute Gasteiger partial charge is 0.478 e. The number of carbonyl (C=O) groups excluding carboxylic acids is 1. The van der Waals surface area contributed by atoms with Crippen LogP contribution in [0.15, 0.2) is 18.2 Å². The van der Waals surface area contributed by atoms with Gasteiger partial charge in [0.1, 0.15) is 0 Å². The molecule has 1 amide bonds. The van der Waals surface area contributed by atoms with Crippen LogP contribution in [0.3, 0.4) is 0 Å². The van der Waals surface area contributed by atoms with Crippen molar-refractivity contribution in [2.45, 2.75) is 26.2 Å². The van der Waals surface area contributed by atoms with Crippen LogP contribution < -0.4 is 4.90 Å². The van der Waals surface area contributed by atoms with Crippen molar-refractivity contribution in [3.8, 4) is 0 Å². The minimum absolute atomic E-state index is 0.118. The van der Waals surface area contributed by atoms with Gasteiger partial charge in [-0.2, -0.15) is 11.8 Å². The zero-order valence-corrected chi connectivity index (χ0v) is 12.4. The molecule has 4 nitrogen and oxygen atoms in total. The Morgan fingerprint density at radius 2 is 2.20 bits per heavy atom. The fourth-order valence-corrected chi connectivity index (χ4v) is 3.25. The highest BCUT2D eigenvalue weighted by Gasteiger charge is 2.25. The number of nitrogens with zero attached hydrogens (tertiary/aromatic N) is 1. The molecule has 0 bridgehead atoms. The molecule has 1 heterocycles. The molecule has 0 spiro atoms. The number of amides is 1. The highest BCUT2D eigenvalue weighted by molar-refractivity contribution is 7.99. The first-order valence-electron chi connectivity index (χ1n) is 6.87. The number of rotatable bonds is 6. The number of benzene rings is 1. The number of carboxylic acid groups (broad SMARTS) is 1. The number of unbranched alkanes of at least 4 members (excludes halogenated alkanes) is 1. The van der Waals surface area contributed by atoms with Crippen molar-refractivity contribution < 1.29 is 14.7 Å².